The van der Waals surface area contributed by atoms with Crippen LogP contribution >= 0.6 is 12.2 Å². The molecule has 0 saturated carbocycles. The molecule has 52 valence electrons. The number of hydrogen-bond acceptors (Lipinski definition) is 3. The number of aliphatic imine (C=N–C) groups is 1. The molecule has 1 rings (SSSR count). The highest BCUT2D eigenvalue weighted by molar-refractivity contribution is 7.78. The van der Waals surface area contributed by atoms with E-state index in [1.165, 1.54) is 0 Å². The van der Waals surface area contributed by atoms with Crippen molar-refractivity contribution < 1.29 is 0 Å². The molecule has 0 radical (unpaired) electrons. The average molecular weight is 153 g/mol. The largest absolute Gasteiger partial charge is 0.348 e. The molecule has 1 N–H and O–H groups in total. The quantitative estimate of drug-likeness (QED) is 0.521. The molecule has 3 nitrogen and oxygen atoms in total. The van der Waals surface area contributed by atoms with Gasteiger partial charge in [0.25, 0.3) is 0 Å². The van der Waals surface area contributed by atoms with E-state index in [0.29, 0.717) is 6.54 Å². The first-order chi connectivity index (χ1) is 4.93. The lowest BCUT2D eigenvalue weighted by Crippen LogP contribution is -1.87. The molecule has 1 heterocycles. The highest BCUT2D eigenvalue weighted by atomic mass is 32.1. The van der Waals surface area contributed by atoms with E-state index in [9.17, 15) is 0 Å². The van der Waals surface area contributed by atoms with Gasteiger partial charge in [0.05, 0.1) is 18.0 Å². The summed E-state index contributed by atoms with van der Waals surface area (Å²) < 4.78 is 0. The summed E-state index contributed by atoms with van der Waals surface area (Å²) in [5.74, 6) is 0. The Morgan fingerprint density at radius 2 is 2.70 bits per heavy atom. The van der Waals surface area contributed by atoms with Crippen LogP contribution in [-0.4, -0.2) is 21.7 Å². The van der Waals surface area contributed by atoms with Crippen LogP contribution in [0.25, 0.3) is 0 Å². The first kappa shape index (κ1) is 7.12. The van der Waals surface area contributed by atoms with Crippen LogP contribution in [0.2, 0.25) is 0 Å². The summed E-state index contributed by atoms with van der Waals surface area (Å²) in [5.41, 5.74) is 1.08. The Morgan fingerprint density at radius 3 is 3.30 bits per heavy atom. The summed E-state index contributed by atoms with van der Waals surface area (Å²) >= 11 is 4.40. The van der Waals surface area contributed by atoms with Gasteiger partial charge in [-0.1, -0.05) is 0 Å². The van der Waals surface area contributed by atoms with E-state index >= 15 is 0 Å². The highest BCUT2D eigenvalue weighted by Crippen LogP contribution is 1.91. The fourth-order valence-electron chi connectivity index (χ4n) is 0.643. The molecule has 0 amide bonds. The molecule has 0 spiro atoms. The third-order valence-electron chi connectivity index (χ3n) is 1.11. The Morgan fingerprint density at radius 1 is 1.80 bits per heavy atom. The highest BCUT2D eigenvalue weighted by Gasteiger charge is 1.89. The number of nitrogens with one attached hydrogen (secondary N) is 1. The van der Waals surface area contributed by atoms with Gasteiger partial charge in [-0.2, -0.15) is 0 Å². The van der Waals surface area contributed by atoms with E-state index in [-0.39, 0.29) is 0 Å². The smallest absolute Gasteiger partial charge is 0.0921 e. The number of imidazole rings is 1. The molecule has 0 unspecified atom stereocenters. The molecule has 0 aromatic carbocycles. The van der Waals surface area contributed by atoms with Crippen molar-refractivity contribution in [1.82, 2.24) is 9.97 Å². The maximum Gasteiger partial charge on any atom is 0.0921 e. The van der Waals surface area contributed by atoms with Crippen LogP contribution in [0, 0.1) is 0 Å². The fraction of sp³-hybridized carbons (Fsp3) is 0.333. The Labute approximate surface area is 64.2 Å². The predicted octanol–water partition coefficient (Wildman–Crippen LogP) is 1.05. The monoisotopic (exact) mass is 153 g/mol. The second-order valence-electron chi connectivity index (χ2n) is 1.80. The van der Waals surface area contributed by atoms with Gasteiger partial charge in [-0.05, 0) is 12.2 Å². The van der Waals surface area contributed by atoms with E-state index in [2.05, 4.69) is 32.3 Å². The number of hydrogen-bond donors (Lipinski definition) is 1. The van der Waals surface area contributed by atoms with Gasteiger partial charge < -0.3 is 4.98 Å². The minimum Gasteiger partial charge on any atom is -0.348 e. The molecule has 0 saturated heterocycles. The predicted molar refractivity (Wildman–Crippen MR) is 42.2 cm³/mol. The van der Waals surface area contributed by atoms with Crippen LogP contribution in [0.4, 0.5) is 0 Å². The van der Waals surface area contributed by atoms with Gasteiger partial charge in [0, 0.05) is 18.3 Å². The van der Waals surface area contributed by atoms with Gasteiger partial charge in [0.2, 0.25) is 0 Å². The normalized spacial score (nSPS) is 8.80. The lowest BCUT2D eigenvalue weighted by atomic mass is 10.3. The van der Waals surface area contributed by atoms with Crippen LogP contribution in [0.5, 0.6) is 0 Å². The second kappa shape index (κ2) is 3.93. The number of H-pyrrole nitrogens is 1. The zero-order valence-electron chi connectivity index (χ0n) is 5.37. The van der Waals surface area contributed by atoms with Crippen LogP contribution in [0.1, 0.15) is 5.69 Å². The summed E-state index contributed by atoms with van der Waals surface area (Å²) in [7, 11) is 0. The maximum atomic E-state index is 4.40. The van der Waals surface area contributed by atoms with Gasteiger partial charge in [0.15, 0.2) is 0 Å². The molecular formula is C6H7N3S. The number of rotatable bonds is 3. The zero-order valence-corrected chi connectivity index (χ0v) is 6.19. The van der Waals surface area contributed by atoms with Gasteiger partial charge in [0.1, 0.15) is 0 Å². The summed E-state index contributed by atoms with van der Waals surface area (Å²) in [6.45, 7) is 0.686. The standard InChI is InChI=1S/C6H7N3S/c10-5-7-2-1-6-3-8-4-9-6/h3-4H,1-2H2,(H,8,9). The summed E-state index contributed by atoms with van der Waals surface area (Å²) in [6.07, 6.45) is 4.28. The number of isothiocyanates is 1. The van der Waals surface area contributed by atoms with Crippen molar-refractivity contribution in [3.63, 3.8) is 0 Å². The van der Waals surface area contributed by atoms with Crippen LogP contribution in [-0.2, 0) is 6.42 Å². The fourth-order valence-corrected chi connectivity index (χ4v) is 0.735. The van der Waals surface area contributed by atoms with Crippen LogP contribution in [0.15, 0.2) is 17.5 Å². The molecule has 4 heteroatoms. The molecule has 0 fully saturated rings. The van der Waals surface area contributed by atoms with E-state index in [1.807, 2.05) is 0 Å². The van der Waals surface area contributed by atoms with E-state index < -0.39 is 0 Å². The molecule has 0 aliphatic carbocycles. The van der Waals surface area contributed by atoms with Crippen molar-refractivity contribution in [3.05, 3.63) is 18.2 Å². The molecule has 1 aromatic rings. The van der Waals surface area contributed by atoms with Crippen molar-refractivity contribution in [2.45, 2.75) is 6.42 Å². The first-order valence-corrected chi connectivity index (χ1v) is 3.35. The lowest BCUT2D eigenvalue weighted by molar-refractivity contribution is 0.941. The van der Waals surface area contributed by atoms with Crippen molar-refractivity contribution in [3.8, 4) is 0 Å². The topological polar surface area (TPSA) is 41.0 Å². The van der Waals surface area contributed by atoms with Gasteiger partial charge in [-0.15, -0.1) is 0 Å². The third-order valence-corrected chi connectivity index (χ3v) is 1.24. The van der Waals surface area contributed by atoms with E-state index in [4.69, 9.17) is 0 Å². The minimum atomic E-state index is 0.686. The first-order valence-electron chi connectivity index (χ1n) is 2.94. The number of aromatic nitrogens is 2. The summed E-state index contributed by atoms with van der Waals surface area (Å²) in [5, 5.41) is 2.30. The number of aromatic amines is 1. The Balaban J connectivity index is 2.34. The molecule has 0 aliphatic heterocycles. The Bertz CT molecular complexity index is 223. The third kappa shape index (κ3) is 2.09. The molecule has 1 aromatic heterocycles. The average Bonchev–Trinajstić information content (AvgIpc) is 2.41. The maximum absolute atomic E-state index is 4.40. The molecule has 0 aliphatic rings. The number of thiocarbonyl (C=S) groups is 1. The van der Waals surface area contributed by atoms with Crippen molar-refractivity contribution in [2.75, 3.05) is 6.54 Å². The SMILES string of the molecule is S=C=NCCc1cnc[nH]1. The summed E-state index contributed by atoms with van der Waals surface area (Å²) in [6, 6.07) is 0. The van der Waals surface area contributed by atoms with E-state index in [1.54, 1.807) is 12.5 Å². The van der Waals surface area contributed by atoms with Gasteiger partial charge in [-0.3, -0.25) is 0 Å². The molecule has 0 atom stereocenters. The van der Waals surface area contributed by atoms with Crippen LogP contribution in [0.3, 0.4) is 0 Å². The lowest BCUT2D eigenvalue weighted by Gasteiger charge is -1.87. The van der Waals surface area contributed by atoms with Crippen molar-refractivity contribution in [2.24, 2.45) is 4.99 Å². The molecule has 10 heavy (non-hydrogen) atoms. The zero-order chi connectivity index (χ0) is 7.23. The molecular weight excluding hydrogens is 146 g/mol. The summed E-state index contributed by atoms with van der Waals surface area (Å²) in [4.78, 5) is 10.6. The minimum absolute atomic E-state index is 0.686. The Kier molecular flexibility index (Phi) is 2.80. The van der Waals surface area contributed by atoms with E-state index in [0.717, 1.165) is 12.1 Å². The van der Waals surface area contributed by atoms with Crippen molar-refractivity contribution >= 4 is 17.4 Å². The van der Waals surface area contributed by atoms with Crippen molar-refractivity contribution in [1.29, 1.82) is 0 Å². The molecule has 0 bridgehead atoms. The van der Waals surface area contributed by atoms with Gasteiger partial charge in [-0.25, -0.2) is 9.98 Å². The second-order valence-corrected chi connectivity index (χ2v) is 1.98. The Hall–Kier alpha value is -0.990. The van der Waals surface area contributed by atoms with Gasteiger partial charge >= 0.3 is 0 Å². The number of nitrogens with zero attached hydrogens (tertiary/aromatic N) is 2. The van der Waals surface area contributed by atoms with Crippen LogP contribution < -0.4 is 0 Å².